The van der Waals surface area contributed by atoms with E-state index in [9.17, 15) is 0 Å². The Morgan fingerprint density at radius 2 is 0.852 bits per heavy atom. The summed E-state index contributed by atoms with van der Waals surface area (Å²) in [6, 6.07) is 9.06. The van der Waals surface area contributed by atoms with Gasteiger partial charge in [-0.2, -0.15) is 0 Å². The Bertz CT molecular complexity index is 401. The van der Waals surface area contributed by atoms with Gasteiger partial charge in [0.15, 0.2) is 0 Å². The van der Waals surface area contributed by atoms with Crippen molar-refractivity contribution < 1.29 is 31.0 Å². The van der Waals surface area contributed by atoms with Gasteiger partial charge in [0, 0.05) is 0 Å². The second-order valence-corrected chi connectivity index (χ2v) is 8.39. The first kappa shape index (κ1) is 27.2. The van der Waals surface area contributed by atoms with E-state index in [0.29, 0.717) is 0 Å². The summed E-state index contributed by atoms with van der Waals surface area (Å²) in [4.78, 5) is 0. The van der Waals surface area contributed by atoms with Gasteiger partial charge in [-0.3, -0.25) is 0 Å². The number of aryl methyl sites for hydroxylation is 2. The van der Waals surface area contributed by atoms with Crippen LogP contribution in [-0.2, 0) is 6.42 Å². The van der Waals surface area contributed by atoms with E-state index in [1.54, 1.807) is 0 Å². The second kappa shape index (κ2) is 20.9. The van der Waals surface area contributed by atoms with Crippen LogP contribution in [0.25, 0.3) is 0 Å². The molecular formula is C26H47Na. The summed E-state index contributed by atoms with van der Waals surface area (Å²) >= 11 is 0. The third-order valence-corrected chi connectivity index (χ3v) is 5.69. The molecule has 0 aliphatic heterocycles. The van der Waals surface area contributed by atoms with Gasteiger partial charge in [-0.1, -0.05) is 139 Å². The average Bonchev–Trinajstić information content (AvgIpc) is 2.66. The predicted octanol–water partition coefficient (Wildman–Crippen LogP) is 6.31. The van der Waals surface area contributed by atoms with E-state index in [1.165, 1.54) is 127 Å². The van der Waals surface area contributed by atoms with Gasteiger partial charge in [0.2, 0.25) is 0 Å². The Morgan fingerprint density at radius 3 is 1.22 bits per heavy atom. The monoisotopic (exact) mass is 382 g/mol. The molecule has 0 saturated carbocycles. The topological polar surface area (TPSA) is 0 Å². The summed E-state index contributed by atoms with van der Waals surface area (Å²) in [5.74, 6) is 0. The van der Waals surface area contributed by atoms with Crippen LogP contribution < -0.4 is 29.6 Å². The van der Waals surface area contributed by atoms with Gasteiger partial charge >= 0.3 is 29.6 Å². The molecule has 0 aliphatic rings. The van der Waals surface area contributed by atoms with Crippen molar-refractivity contribution >= 4 is 0 Å². The molecule has 0 amide bonds. The zero-order chi connectivity index (χ0) is 18.7. The zero-order valence-electron chi connectivity index (χ0n) is 20.0. The maximum atomic E-state index is 2.30. The van der Waals surface area contributed by atoms with E-state index < -0.39 is 0 Å². The smallest absolute Gasteiger partial charge is 1.00 e. The first-order chi connectivity index (χ1) is 12.8. The van der Waals surface area contributed by atoms with E-state index in [-0.39, 0.29) is 31.0 Å². The van der Waals surface area contributed by atoms with Crippen molar-refractivity contribution in [2.45, 2.75) is 129 Å². The van der Waals surface area contributed by atoms with Gasteiger partial charge < -0.3 is 1.43 Å². The molecule has 1 heteroatoms. The van der Waals surface area contributed by atoms with Crippen molar-refractivity contribution in [2.24, 2.45) is 0 Å². The molecule has 152 valence electrons. The molecule has 0 atom stereocenters. The summed E-state index contributed by atoms with van der Waals surface area (Å²) in [5.41, 5.74) is 2.88. The fourth-order valence-electron chi connectivity index (χ4n) is 3.81. The fourth-order valence-corrected chi connectivity index (χ4v) is 3.81. The molecule has 0 heterocycles. The molecule has 0 spiro atoms. The summed E-state index contributed by atoms with van der Waals surface area (Å²) in [5, 5.41) is 0. The van der Waals surface area contributed by atoms with Crippen LogP contribution >= 0.6 is 0 Å². The molecule has 0 bridgehead atoms. The number of unbranched alkanes of at least 4 members (excludes halogenated alkanes) is 16. The minimum absolute atomic E-state index is 0. The molecule has 1 aromatic rings. The van der Waals surface area contributed by atoms with Crippen LogP contribution in [0.4, 0.5) is 0 Å². The van der Waals surface area contributed by atoms with Crippen LogP contribution in [0.15, 0.2) is 24.3 Å². The van der Waals surface area contributed by atoms with Crippen LogP contribution in [0.1, 0.15) is 129 Å². The van der Waals surface area contributed by atoms with Gasteiger partial charge in [0.1, 0.15) is 0 Å². The van der Waals surface area contributed by atoms with Crippen molar-refractivity contribution in [2.75, 3.05) is 0 Å². The maximum Gasteiger partial charge on any atom is 1.00 e. The molecule has 0 N–H and O–H groups in total. The Morgan fingerprint density at radius 1 is 0.519 bits per heavy atom. The van der Waals surface area contributed by atoms with Crippen LogP contribution in [0.5, 0.6) is 0 Å². The zero-order valence-corrected chi connectivity index (χ0v) is 21.0. The number of rotatable bonds is 18. The van der Waals surface area contributed by atoms with Crippen molar-refractivity contribution in [3.63, 3.8) is 0 Å². The van der Waals surface area contributed by atoms with Crippen LogP contribution in [0.3, 0.4) is 0 Å². The fraction of sp³-hybridized carbons (Fsp3) is 0.769. The normalized spacial score (nSPS) is 10.7. The van der Waals surface area contributed by atoms with Gasteiger partial charge in [-0.05, 0) is 25.3 Å². The minimum atomic E-state index is 0. The van der Waals surface area contributed by atoms with Crippen molar-refractivity contribution in [3.05, 3.63) is 35.4 Å². The quantitative estimate of drug-likeness (QED) is 0.206. The van der Waals surface area contributed by atoms with E-state index in [4.69, 9.17) is 0 Å². The average molecular weight is 383 g/mol. The first-order valence-electron chi connectivity index (χ1n) is 11.9. The molecule has 0 fully saturated rings. The van der Waals surface area contributed by atoms with Gasteiger partial charge in [0.05, 0.1) is 0 Å². The molecule has 0 aliphatic carbocycles. The maximum absolute atomic E-state index is 2.30. The molecule has 0 radical (unpaired) electrons. The standard InChI is InChI=1S/C26H46.Na.H/c1-3-4-5-6-7-8-9-10-11-12-13-14-15-16-17-18-19-20-26-23-21-25(2)22-24-26;;/h21-24H,3-20H2,1-2H3;;/q;+1;-1. The molecular weight excluding hydrogens is 335 g/mol. The number of hydrogen-bond donors (Lipinski definition) is 0. The van der Waals surface area contributed by atoms with Crippen molar-refractivity contribution in [1.82, 2.24) is 0 Å². The van der Waals surface area contributed by atoms with E-state index in [1.807, 2.05) is 0 Å². The Labute approximate surface area is 195 Å². The SMILES string of the molecule is CCCCCCCCCCCCCCCCCCCc1ccc(C)cc1.[H-].[Na+]. The second-order valence-electron chi connectivity index (χ2n) is 8.39. The minimum Gasteiger partial charge on any atom is -1.00 e. The van der Waals surface area contributed by atoms with Crippen LogP contribution in [-0.4, -0.2) is 0 Å². The van der Waals surface area contributed by atoms with Gasteiger partial charge in [0.25, 0.3) is 0 Å². The van der Waals surface area contributed by atoms with Crippen LogP contribution in [0, 0.1) is 6.92 Å². The molecule has 0 aromatic heterocycles. The number of benzene rings is 1. The van der Waals surface area contributed by atoms with Crippen LogP contribution in [0.2, 0.25) is 0 Å². The first-order valence-corrected chi connectivity index (χ1v) is 11.9. The molecule has 27 heavy (non-hydrogen) atoms. The molecule has 1 aromatic carbocycles. The Kier molecular flexibility index (Phi) is 21.1. The van der Waals surface area contributed by atoms with E-state index >= 15 is 0 Å². The molecule has 0 nitrogen and oxygen atoms in total. The largest absolute Gasteiger partial charge is 1.00 e. The van der Waals surface area contributed by atoms with Crippen molar-refractivity contribution in [1.29, 1.82) is 0 Å². The third-order valence-electron chi connectivity index (χ3n) is 5.69. The van der Waals surface area contributed by atoms with Gasteiger partial charge in [-0.15, -0.1) is 0 Å². The number of hydrogen-bond acceptors (Lipinski definition) is 0. The summed E-state index contributed by atoms with van der Waals surface area (Å²) in [7, 11) is 0. The van der Waals surface area contributed by atoms with Crippen molar-refractivity contribution in [3.8, 4) is 0 Å². The summed E-state index contributed by atoms with van der Waals surface area (Å²) < 4.78 is 0. The summed E-state index contributed by atoms with van der Waals surface area (Å²) in [6.45, 7) is 4.46. The molecule has 0 saturated heterocycles. The third kappa shape index (κ3) is 18.0. The van der Waals surface area contributed by atoms with E-state index in [0.717, 1.165) is 0 Å². The Balaban J connectivity index is 0. The predicted molar refractivity (Wildman–Crippen MR) is 120 cm³/mol. The molecule has 0 unspecified atom stereocenters. The molecule has 1 rings (SSSR count). The Hall–Kier alpha value is 0.220. The van der Waals surface area contributed by atoms with E-state index in [2.05, 4.69) is 38.1 Å². The summed E-state index contributed by atoms with van der Waals surface area (Å²) in [6.07, 6.45) is 25.9. The van der Waals surface area contributed by atoms with Gasteiger partial charge in [-0.25, -0.2) is 0 Å².